The Morgan fingerprint density at radius 2 is 0.855 bits per heavy atom. The normalized spacial score (nSPS) is 17.1. The van der Waals surface area contributed by atoms with Crippen LogP contribution < -0.4 is 0 Å². The maximum Gasteiger partial charge on any atom is 0.171 e. The van der Waals surface area contributed by atoms with E-state index in [4.69, 9.17) is 9.47 Å². The molecular formula is C60H76O7S2. The highest BCUT2D eigenvalue weighted by atomic mass is 32.2. The zero-order chi connectivity index (χ0) is 48.5. The fraction of sp³-hybridized carbons (Fsp3) is 0.500. The number of rotatable bonds is 19. The second-order valence-corrected chi connectivity index (χ2v) is 22.9. The van der Waals surface area contributed by atoms with Crippen molar-refractivity contribution in [2.45, 2.75) is 176 Å². The molecule has 3 saturated carbocycles. The van der Waals surface area contributed by atoms with Crippen molar-refractivity contribution in [3.8, 4) is 28.7 Å². The molecule has 7 nitrogen and oxygen atoms in total. The fourth-order valence-corrected chi connectivity index (χ4v) is 13.7. The van der Waals surface area contributed by atoms with Gasteiger partial charge in [0.05, 0.1) is 18.6 Å². The van der Waals surface area contributed by atoms with Crippen molar-refractivity contribution in [1.29, 1.82) is 0 Å². The number of phenols is 5. The summed E-state index contributed by atoms with van der Waals surface area (Å²) in [5.74, 6) is 3.57. The van der Waals surface area contributed by atoms with Crippen LogP contribution in [0.3, 0.4) is 0 Å². The van der Waals surface area contributed by atoms with Crippen molar-refractivity contribution in [2.75, 3.05) is 24.7 Å². The van der Waals surface area contributed by atoms with Gasteiger partial charge >= 0.3 is 0 Å². The van der Waals surface area contributed by atoms with Gasteiger partial charge in [-0.1, -0.05) is 82.9 Å². The monoisotopic (exact) mass is 973 g/mol. The second-order valence-electron chi connectivity index (χ2n) is 20.6. The van der Waals surface area contributed by atoms with Crippen molar-refractivity contribution in [3.63, 3.8) is 0 Å². The third kappa shape index (κ3) is 12.3. The van der Waals surface area contributed by atoms with Gasteiger partial charge in [0, 0.05) is 21.3 Å². The van der Waals surface area contributed by atoms with E-state index >= 15 is 0 Å². The van der Waals surface area contributed by atoms with E-state index in [1.54, 1.807) is 47.8 Å². The van der Waals surface area contributed by atoms with Crippen molar-refractivity contribution >= 4 is 23.5 Å². The van der Waals surface area contributed by atoms with Gasteiger partial charge in [0.15, 0.2) is 6.29 Å². The molecule has 3 aliphatic rings. The molecule has 9 heteroatoms. The van der Waals surface area contributed by atoms with Crippen LogP contribution >= 0.6 is 23.5 Å². The first kappa shape index (κ1) is 51.1. The topological polar surface area (TPSA) is 120 Å². The minimum absolute atomic E-state index is 0.0435. The lowest BCUT2D eigenvalue weighted by Gasteiger charge is -2.45. The van der Waals surface area contributed by atoms with E-state index < -0.39 is 11.7 Å². The molecule has 0 bridgehead atoms. The van der Waals surface area contributed by atoms with Crippen molar-refractivity contribution in [2.24, 2.45) is 0 Å². The van der Waals surface area contributed by atoms with Crippen LogP contribution in [0.15, 0.2) is 94.7 Å². The number of ether oxygens (including phenoxy) is 2. The third-order valence-corrected chi connectivity index (χ3v) is 17.7. The number of hydrogen-bond acceptors (Lipinski definition) is 9. The van der Waals surface area contributed by atoms with Crippen LogP contribution in [-0.2, 0) is 14.9 Å². The largest absolute Gasteiger partial charge is 0.508 e. The standard InChI is InChI=1S/C60H76O7S2/c1-39-32-56(63)51(43-14-8-5-9-15-43)35-50(39)42(4)38-60(54-36-52(57(64)33-40(54)2)44-16-10-6-11-17-44,55-37-53(58(65)34-41(55)3)45-18-12-7-13-19-45)59(66-28-30-68-48-24-20-46(61)21-25-48)67-29-31-69-49-26-22-47(62)23-27-49/h20-27,32-37,42-45,59,61-65H,5-19,28-31,38H2,1-4H3. The summed E-state index contributed by atoms with van der Waals surface area (Å²) in [6, 6.07) is 27.5. The van der Waals surface area contributed by atoms with E-state index in [-0.39, 0.29) is 29.3 Å². The first-order valence-corrected chi connectivity index (χ1v) is 28.0. The first-order chi connectivity index (χ1) is 33.4. The molecule has 0 aromatic heterocycles. The number of phenolic OH excluding ortho intramolecular Hbond substituents is 5. The summed E-state index contributed by atoms with van der Waals surface area (Å²) in [5, 5.41) is 55.6. The predicted octanol–water partition coefficient (Wildman–Crippen LogP) is 15.7. The Morgan fingerprint density at radius 3 is 1.25 bits per heavy atom. The molecular weight excluding hydrogens is 897 g/mol. The summed E-state index contributed by atoms with van der Waals surface area (Å²) < 4.78 is 14.8. The van der Waals surface area contributed by atoms with Gasteiger partial charge in [-0.3, -0.25) is 0 Å². The Bertz CT molecular complexity index is 2320. The van der Waals surface area contributed by atoms with E-state index in [2.05, 4.69) is 45.9 Å². The highest BCUT2D eigenvalue weighted by Gasteiger charge is 2.48. The van der Waals surface area contributed by atoms with Gasteiger partial charge in [-0.05, 0) is 206 Å². The van der Waals surface area contributed by atoms with E-state index in [9.17, 15) is 25.5 Å². The molecule has 5 N–H and O–H groups in total. The summed E-state index contributed by atoms with van der Waals surface area (Å²) in [6.07, 6.45) is 16.6. The van der Waals surface area contributed by atoms with Gasteiger partial charge in [0.25, 0.3) is 0 Å². The van der Waals surface area contributed by atoms with Crippen molar-refractivity contribution in [1.82, 2.24) is 0 Å². The molecule has 0 heterocycles. The van der Waals surface area contributed by atoms with Crippen LogP contribution in [0.5, 0.6) is 28.7 Å². The lowest BCUT2D eigenvalue weighted by molar-refractivity contribution is -0.171. The molecule has 0 aliphatic heterocycles. The van der Waals surface area contributed by atoms with E-state index in [1.807, 2.05) is 42.5 Å². The van der Waals surface area contributed by atoms with E-state index in [1.165, 1.54) is 37.7 Å². The maximum atomic E-state index is 12.0. The minimum atomic E-state index is -0.955. The van der Waals surface area contributed by atoms with Crippen LogP contribution in [0.1, 0.15) is 183 Å². The highest BCUT2D eigenvalue weighted by Crippen LogP contribution is 2.53. The molecule has 0 spiro atoms. The van der Waals surface area contributed by atoms with Crippen LogP contribution in [0.2, 0.25) is 0 Å². The Kier molecular flexibility index (Phi) is 17.6. The van der Waals surface area contributed by atoms with Crippen molar-refractivity contribution in [3.05, 3.63) is 135 Å². The van der Waals surface area contributed by atoms with E-state index in [0.717, 1.165) is 119 Å². The number of aryl methyl sites for hydroxylation is 3. The molecule has 1 unspecified atom stereocenters. The average molecular weight is 973 g/mol. The molecule has 0 amide bonds. The number of thioether (sulfide) groups is 2. The van der Waals surface area contributed by atoms with E-state index in [0.29, 0.717) is 54.3 Å². The first-order valence-electron chi connectivity index (χ1n) is 26.0. The zero-order valence-corrected chi connectivity index (χ0v) is 43.1. The molecule has 3 aliphatic carbocycles. The van der Waals surface area contributed by atoms with Gasteiger partial charge in [-0.25, -0.2) is 0 Å². The molecule has 0 saturated heterocycles. The lowest BCUT2D eigenvalue weighted by Crippen LogP contribution is -2.47. The lowest BCUT2D eigenvalue weighted by atomic mass is 9.63. The summed E-state index contributed by atoms with van der Waals surface area (Å²) >= 11 is 3.35. The average Bonchev–Trinajstić information content (AvgIpc) is 3.35. The van der Waals surface area contributed by atoms with Crippen LogP contribution in [-0.4, -0.2) is 56.5 Å². The van der Waals surface area contributed by atoms with Crippen LogP contribution in [0.25, 0.3) is 0 Å². The molecule has 1 atom stereocenters. The molecule has 370 valence electrons. The predicted molar refractivity (Wildman–Crippen MR) is 283 cm³/mol. The van der Waals surface area contributed by atoms with Gasteiger partial charge < -0.3 is 35.0 Å². The molecule has 5 aromatic rings. The van der Waals surface area contributed by atoms with Gasteiger partial charge in [-0.2, -0.15) is 0 Å². The zero-order valence-electron chi connectivity index (χ0n) is 41.5. The van der Waals surface area contributed by atoms with Crippen LogP contribution in [0.4, 0.5) is 0 Å². The highest BCUT2D eigenvalue weighted by molar-refractivity contribution is 7.99. The Balaban J connectivity index is 1.32. The molecule has 69 heavy (non-hydrogen) atoms. The minimum Gasteiger partial charge on any atom is -0.508 e. The van der Waals surface area contributed by atoms with Gasteiger partial charge in [0.2, 0.25) is 0 Å². The molecule has 3 fully saturated rings. The number of hydrogen-bond donors (Lipinski definition) is 5. The Labute approximate surface area is 420 Å². The number of benzene rings is 5. The molecule has 5 aromatic carbocycles. The summed E-state index contributed by atoms with van der Waals surface area (Å²) in [6.45, 7) is 9.46. The fourth-order valence-electron chi connectivity index (χ4n) is 12.2. The third-order valence-electron chi connectivity index (χ3n) is 15.7. The number of aromatic hydroxyl groups is 5. The molecule has 8 rings (SSSR count). The summed E-state index contributed by atoms with van der Waals surface area (Å²) in [7, 11) is 0. The maximum absolute atomic E-state index is 12.0. The smallest absolute Gasteiger partial charge is 0.171 e. The molecule has 0 radical (unpaired) electrons. The summed E-state index contributed by atoms with van der Waals surface area (Å²) in [5.41, 5.74) is 8.40. The van der Waals surface area contributed by atoms with Gasteiger partial charge in [-0.15, -0.1) is 23.5 Å². The van der Waals surface area contributed by atoms with Crippen molar-refractivity contribution < 1.29 is 35.0 Å². The summed E-state index contributed by atoms with van der Waals surface area (Å²) in [4.78, 5) is 2.07. The Morgan fingerprint density at radius 1 is 0.493 bits per heavy atom. The quantitative estimate of drug-likeness (QED) is 0.0313. The SMILES string of the molecule is Cc1cc(O)c(C2CCCCC2)cc1C(C)CC(c1cc(C2CCCCC2)c(O)cc1C)(c1cc(C2CCCCC2)c(O)cc1C)C(OCCSc1ccc(O)cc1)OCCSc1ccc(O)cc1. The van der Waals surface area contributed by atoms with Gasteiger partial charge in [0.1, 0.15) is 28.7 Å². The van der Waals surface area contributed by atoms with Crippen LogP contribution in [0, 0.1) is 20.8 Å². The Hall–Kier alpha value is -4.28. The second kappa shape index (κ2) is 23.8.